The number of esters is 1. The van der Waals surface area contributed by atoms with Gasteiger partial charge in [0.15, 0.2) is 11.4 Å². The maximum atomic E-state index is 13.6. The minimum atomic E-state index is -2.19. The van der Waals surface area contributed by atoms with E-state index in [2.05, 4.69) is 6.58 Å². The van der Waals surface area contributed by atoms with E-state index in [4.69, 9.17) is 9.47 Å². The lowest BCUT2D eigenvalue weighted by atomic mass is 9.39. The zero-order valence-corrected chi connectivity index (χ0v) is 18.2. The first kappa shape index (κ1) is 22.4. The summed E-state index contributed by atoms with van der Waals surface area (Å²) in [6, 6.07) is 0. The first-order valence-corrected chi connectivity index (χ1v) is 10.2. The zero-order valence-electron chi connectivity index (χ0n) is 18.2. The summed E-state index contributed by atoms with van der Waals surface area (Å²) in [5.74, 6) is -4.10. The number of carbonyl (C=O) groups excluding carboxylic acids is 2. The third-order valence-corrected chi connectivity index (χ3v) is 8.00. The van der Waals surface area contributed by atoms with E-state index < -0.39 is 57.2 Å². The van der Waals surface area contributed by atoms with Gasteiger partial charge in [-0.3, -0.25) is 9.59 Å². The molecule has 0 spiro atoms. The number of ketones is 1. The van der Waals surface area contributed by atoms with Crippen LogP contribution in [0, 0.1) is 16.7 Å². The number of hydrogen-bond acceptors (Lipinski definition) is 7. The summed E-state index contributed by atoms with van der Waals surface area (Å²) in [6.45, 7) is 13.6. The molecule has 1 heterocycles. The maximum absolute atomic E-state index is 13.6. The second-order valence-electron chi connectivity index (χ2n) is 10.5. The smallest absolute Gasteiger partial charge is 0.305 e. The fourth-order valence-corrected chi connectivity index (χ4v) is 6.76. The molecule has 2 saturated carbocycles. The van der Waals surface area contributed by atoms with Crippen LogP contribution >= 0.6 is 0 Å². The van der Waals surface area contributed by atoms with E-state index in [1.807, 2.05) is 13.8 Å². The van der Waals surface area contributed by atoms with Gasteiger partial charge >= 0.3 is 5.97 Å². The van der Waals surface area contributed by atoms with Crippen LogP contribution in [0.5, 0.6) is 0 Å². The lowest BCUT2D eigenvalue weighted by Crippen LogP contribution is -2.85. The molecule has 0 radical (unpaired) electrons. The summed E-state index contributed by atoms with van der Waals surface area (Å²) in [4.78, 5) is 25.5. The molecule has 7 heteroatoms. The van der Waals surface area contributed by atoms with E-state index in [1.165, 1.54) is 13.0 Å². The molecule has 1 aliphatic heterocycles. The highest BCUT2D eigenvalue weighted by Gasteiger charge is 2.82. The molecule has 29 heavy (non-hydrogen) atoms. The summed E-state index contributed by atoms with van der Waals surface area (Å²) in [5.41, 5.74) is -6.95. The Bertz CT molecular complexity index is 762. The van der Waals surface area contributed by atoms with Crippen molar-refractivity contribution in [2.24, 2.45) is 16.7 Å². The van der Waals surface area contributed by atoms with Gasteiger partial charge in [0, 0.05) is 32.1 Å². The van der Waals surface area contributed by atoms with Crippen molar-refractivity contribution in [3.8, 4) is 0 Å². The number of aliphatic hydroxyl groups excluding tert-OH is 1. The summed E-state index contributed by atoms with van der Waals surface area (Å²) in [6.07, 6.45) is 0.849. The largest absolute Gasteiger partial charge is 0.433 e. The lowest BCUT2D eigenvalue weighted by Gasteiger charge is -2.71. The molecule has 2 aliphatic carbocycles. The Morgan fingerprint density at radius 1 is 1.21 bits per heavy atom. The molecule has 0 aromatic rings. The molecule has 164 valence electrons. The molecular weight excluding hydrogens is 376 g/mol. The van der Waals surface area contributed by atoms with Crippen LogP contribution in [0.3, 0.4) is 0 Å². The average Bonchev–Trinajstić information content (AvgIpc) is 2.54. The van der Waals surface area contributed by atoms with Gasteiger partial charge in [-0.15, -0.1) is 6.58 Å². The van der Waals surface area contributed by atoms with Gasteiger partial charge in [0.05, 0.1) is 17.1 Å². The van der Waals surface area contributed by atoms with Crippen LogP contribution in [0.25, 0.3) is 0 Å². The van der Waals surface area contributed by atoms with Crippen molar-refractivity contribution in [1.29, 1.82) is 0 Å². The quantitative estimate of drug-likeness (QED) is 0.362. The molecule has 0 amide bonds. The van der Waals surface area contributed by atoms with E-state index >= 15 is 0 Å². The number of hydrogen-bond donors (Lipinski definition) is 3. The van der Waals surface area contributed by atoms with Gasteiger partial charge in [-0.2, -0.15) is 0 Å². The zero-order chi connectivity index (χ0) is 22.3. The highest BCUT2D eigenvalue weighted by Crippen LogP contribution is 2.69. The molecule has 0 aromatic carbocycles. The van der Waals surface area contributed by atoms with Crippen molar-refractivity contribution in [2.45, 2.75) is 95.9 Å². The van der Waals surface area contributed by atoms with Gasteiger partial charge < -0.3 is 24.8 Å². The fraction of sp³-hybridized carbons (Fsp3) is 0.818. The average molecular weight is 411 g/mol. The third-order valence-electron chi connectivity index (χ3n) is 8.00. The highest BCUT2D eigenvalue weighted by atomic mass is 16.7. The first-order chi connectivity index (χ1) is 13.0. The van der Waals surface area contributed by atoms with E-state index in [1.54, 1.807) is 20.8 Å². The predicted molar refractivity (Wildman–Crippen MR) is 105 cm³/mol. The molecule has 1 saturated heterocycles. The highest BCUT2D eigenvalue weighted by molar-refractivity contribution is 5.92. The maximum Gasteiger partial charge on any atom is 0.305 e. The van der Waals surface area contributed by atoms with Crippen molar-refractivity contribution < 1.29 is 34.4 Å². The summed E-state index contributed by atoms with van der Waals surface area (Å²) in [5, 5.41) is 35.0. The van der Waals surface area contributed by atoms with Gasteiger partial charge in [-0.05, 0) is 32.6 Å². The summed E-state index contributed by atoms with van der Waals surface area (Å²) < 4.78 is 11.6. The standard InChI is InChI=1S/C22H34O7/c1-8-18(5)12-15(25)22(27)19(6,29-18)11-14(24)16-17(3,4)9-10-21(26,20(16,22)7)28-13(2)23/h8,14,16,24,26-27H,1,9-12H2,2-7H3/t14-,16+,18+,19-,20-,21-,22-/m1/s1. The van der Waals surface area contributed by atoms with Crippen molar-refractivity contribution in [1.82, 2.24) is 0 Å². The molecule has 7 nitrogen and oxygen atoms in total. The Hall–Kier alpha value is -1.28. The molecular formula is C22H34O7. The van der Waals surface area contributed by atoms with Crippen LogP contribution in [-0.2, 0) is 19.1 Å². The van der Waals surface area contributed by atoms with Crippen LogP contribution in [-0.4, -0.2) is 55.8 Å². The number of aliphatic hydroxyl groups is 3. The molecule has 0 aromatic heterocycles. The number of Topliss-reactive ketones (excluding diaryl/α,β-unsaturated/α-hetero) is 1. The van der Waals surface area contributed by atoms with Crippen LogP contribution < -0.4 is 0 Å². The van der Waals surface area contributed by atoms with Crippen LogP contribution in [0.15, 0.2) is 12.7 Å². The fourth-order valence-electron chi connectivity index (χ4n) is 6.76. The third kappa shape index (κ3) is 2.63. The van der Waals surface area contributed by atoms with Gasteiger partial charge in [0.1, 0.15) is 5.60 Å². The molecule has 3 rings (SSSR count). The molecule has 3 fully saturated rings. The Labute approximate surface area is 172 Å². The normalized spacial score (nSPS) is 51.6. The minimum Gasteiger partial charge on any atom is -0.433 e. The van der Waals surface area contributed by atoms with Gasteiger partial charge in [-0.1, -0.05) is 19.9 Å². The second kappa shape index (κ2) is 6.13. The Kier molecular flexibility index (Phi) is 4.73. The summed E-state index contributed by atoms with van der Waals surface area (Å²) in [7, 11) is 0. The molecule has 3 N–H and O–H groups in total. The van der Waals surface area contributed by atoms with E-state index in [-0.39, 0.29) is 19.3 Å². The van der Waals surface area contributed by atoms with Crippen molar-refractivity contribution in [3.05, 3.63) is 12.7 Å². The molecule has 7 atom stereocenters. The van der Waals surface area contributed by atoms with E-state index in [0.717, 1.165) is 0 Å². The number of ether oxygens (including phenoxy) is 2. The number of fused-ring (bicyclic) bond motifs is 3. The Balaban J connectivity index is 2.31. The molecule has 0 unspecified atom stereocenters. The van der Waals surface area contributed by atoms with Crippen molar-refractivity contribution >= 4 is 11.8 Å². The Morgan fingerprint density at radius 3 is 2.31 bits per heavy atom. The molecule has 3 aliphatic rings. The minimum absolute atomic E-state index is 0.00148. The van der Waals surface area contributed by atoms with Crippen LogP contribution in [0.4, 0.5) is 0 Å². The van der Waals surface area contributed by atoms with Gasteiger partial charge in [0.2, 0.25) is 5.79 Å². The SMILES string of the molecule is C=C[C@@]1(C)CC(=O)[C@]2(O)[C@]3(C)[C@@H]([C@H](O)C[C@@]2(C)O1)C(C)(C)CC[C@@]3(O)OC(C)=O. The van der Waals surface area contributed by atoms with Gasteiger partial charge in [0.25, 0.3) is 0 Å². The van der Waals surface area contributed by atoms with Crippen molar-refractivity contribution in [3.63, 3.8) is 0 Å². The second-order valence-corrected chi connectivity index (χ2v) is 10.5. The molecule has 0 bridgehead atoms. The Morgan fingerprint density at radius 2 is 1.79 bits per heavy atom. The lowest BCUT2D eigenvalue weighted by molar-refractivity contribution is -0.400. The summed E-state index contributed by atoms with van der Waals surface area (Å²) >= 11 is 0. The topological polar surface area (TPSA) is 113 Å². The first-order valence-electron chi connectivity index (χ1n) is 10.2. The van der Waals surface area contributed by atoms with Gasteiger partial charge in [-0.25, -0.2) is 0 Å². The predicted octanol–water partition coefficient (Wildman–Crippen LogP) is 1.87. The van der Waals surface area contributed by atoms with E-state index in [9.17, 15) is 24.9 Å². The number of rotatable bonds is 2. The van der Waals surface area contributed by atoms with Crippen molar-refractivity contribution in [2.75, 3.05) is 0 Å². The number of carbonyl (C=O) groups is 2. The monoisotopic (exact) mass is 410 g/mol. The van der Waals surface area contributed by atoms with E-state index in [0.29, 0.717) is 6.42 Å². The van der Waals surface area contributed by atoms with Crippen LogP contribution in [0.1, 0.15) is 67.2 Å². The van der Waals surface area contributed by atoms with Crippen LogP contribution in [0.2, 0.25) is 0 Å².